The van der Waals surface area contributed by atoms with Crippen molar-refractivity contribution in [2.75, 3.05) is 5.32 Å². The predicted octanol–water partition coefficient (Wildman–Crippen LogP) is 3.07. The Kier molecular flexibility index (Phi) is 5.51. The Morgan fingerprint density at radius 1 is 1.25 bits per heavy atom. The first-order chi connectivity index (χ1) is 9.63. The quantitative estimate of drug-likeness (QED) is 0.574. The van der Waals surface area contributed by atoms with Crippen molar-refractivity contribution in [3.8, 4) is 0 Å². The predicted molar refractivity (Wildman–Crippen MR) is 89.7 cm³/mol. The van der Waals surface area contributed by atoms with Gasteiger partial charge in [0.25, 0.3) is 0 Å². The standard InChI is InChI=1S/C13H12BrN3OS2/c14-9-3-1-4-10(7-9)15-13(19)17-16-12(18)8-11-5-2-6-20-11/h1-7H,8H2,(H,16,18)(H2,15,17,19). The Hall–Kier alpha value is -1.44. The van der Waals surface area contributed by atoms with Crippen LogP contribution in [0.5, 0.6) is 0 Å². The Bertz CT molecular complexity index is 601. The lowest BCUT2D eigenvalue weighted by Crippen LogP contribution is -2.44. The van der Waals surface area contributed by atoms with Crippen molar-refractivity contribution >= 4 is 56.2 Å². The minimum Gasteiger partial charge on any atom is -0.331 e. The Labute approximate surface area is 134 Å². The number of carbonyl (C=O) groups is 1. The SMILES string of the molecule is O=C(Cc1cccs1)NNC(=S)Nc1cccc(Br)c1. The first-order valence-electron chi connectivity index (χ1n) is 5.77. The fourth-order valence-corrected chi connectivity index (χ4v) is 2.74. The second-order valence-corrected chi connectivity index (χ2v) is 6.25. The van der Waals surface area contributed by atoms with Gasteiger partial charge in [-0.25, -0.2) is 0 Å². The highest BCUT2D eigenvalue weighted by Crippen LogP contribution is 2.15. The number of benzene rings is 1. The molecule has 2 rings (SSSR count). The minimum absolute atomic E-state index is 0.133. The molecule has 0 atom stereocenters. The van der Waals surface area contributed by atoms with E-state index in [2.05, 4.69) is 32.1 Å². The molecule has 0 radical (unpaired) electrons. The Morgan fingerprint density at radius 3 is 2.80 bits per heavy atom. The molecule has 104 valence electrons. The van der Waals surface area contributed by atoms with Crippen LogP contribution in [0, 0.1) is 0 Å². The van der Waals surface area contributed by atoms with Crippen LogP contribution in [0.15, 0.2) is 46.3 Å². The number of hydrogen-bond acceptors (Lipinski definition) is 3. The van der Waals surface area contributed by atoms with Gasteiger partial charge in [-0.1, -0.05) is 28.1 Å². The summed E-state index contributed by atoms with van der Waals surface area (Å²) in [6.07, 6.45) is 0.337. The third-order valence-corrected chi connectivity index (χ3v) is 3.89. The highest BCUT2D eigenvalue weighted by atomic mass is 79.9. The van der Waals surface area contributed by atoms with Crippen molar-refractivity contribution in [1.29, 1.82) is 0 Å². The van der Waals surface area contributed by atoms with Gasteiger partial charge in [0.2, 0.25) is 5.91 Å². The zero-order valence-electron chi connectivity index (χ0n) is 10.4. The average molecular weight is 370 g/mol. The number of hydrazine groups is 1. The van der Waals surface area contributed by atoms with Crippen LogP contribution in [0.3, 0.4) is 0 Å². The molecule has 0 saturated heterocycles. The van der Waals surface area contributed by atoms with Crippen molar-refractivity contribution in [2.24, 2.45) is 0 Å². The summed E-state index contributed by atoms with van der Waals surface area (Å²) in [5.74, 6) is -0.133. The maximum absolute atomic E-state index is 11.7. The van der Waals surface area contributed by atoms with Crippen molar-refractivity contribution in [3.63, 3.8) is 0 Å². The number of thiocarbonyl (C=S) groups is 1. The van der Waals surface area contributed by atoms with E-state index in [9.17, 15) is 4.79 Å². The van der Waals surface area contributed by atoms with E-state index in [-0.39, 0.29) is 5.91 Å². The molecule has 0 fully saturated rings. The van der Waals surface area contributed by atoms with Gasteiger partial charge in [-0.05, 0) is 41.9 Å². The van der Waals surface area contributed by atoms with Crippen molar-refractivity contribution < 1.29 is 4.79 Å². The summed E-state index contributed by atoms with van der Waals surface area (Å²) in [5, 5.41) is 5.25. The third-order valence-electron chi connectivity index (χ3n) is 2.31. The van der Waals surface area contributed by atoms with Gasteiger partial charge in [0.1, 0.15) is 0 Å². The van der Waals surface area contributed by atoms with Crippen LogP contribution in [0.2, 0.25) is 0 Å². The van der Waals surface area contributed by atoms with E-state index in [1.54, 1.807) is 11.3 Å². The van der Waals surface area contributed by atoms with Crippen LogP contribution in [0.1, 0.15) is 4.88 Å². The van der Waals surface area contributed by atoms with Gasteiger partial charge in [0.05, 0.1) is 6.42 Å². The van der Waals surface area contributed by atoms with E-state index in [0.717, 1.165) is 15.0 Å². The molecular weight excluding hydrogens is 358 g/mol. The van der Waals surface area contributed by atoms with Gasteiger partial charge in [0, 0.05) is 15.0 Å². The summed E-state index contributed by atoms with van der Waals surface area (Å²) in [6.45, 7) is 0. The molecule has 1 heterocycles. The highest BCUT2D eigenvalue weighted by molar-refractivity contribution is 9.10. The van der Waals surface area contributed by atoms with Crippen LogP contribution in [0.25, 0.3) is 0 Å². The lowest BCUT2D eigenvalue weighted by molar-refractivity contribution is -0.120. The zero-order valence-corrected chi connectivity index (χ0v) is 13.6. The normalized spacial score (nSPS) is 9.85. The van der Waals surface area contributed by atoms with E-state index in [4.69, 9.17) is 12.2 Å². The van der Waals surface area contributed by atoms with Gasteiger partial charge in [0.15, 0.2) is 5.11 Å². The summed E-state index contributed by atoms with van der Waals surface area (Å²) in [6, 6.07) is 11.4. The van der Waals surface area contributed by atoms with Crippen molar-refractivity contribution in [3.05, 3.63) is 51.1 Å². The summed E-state index contributed by atoms with van der Waals surface area (Å²) < 4.78 is 0.951. The smallest absolute Gasteiger partial charge is 0.243 e. The summed E-state index contributed by atoms with van der Waals surface area (Å²) >= 11 is 10.0. The molecule has 0 aliphatic carbocycles. The fourth-order valence-electron chi connectivity index (χ4n) is 1.47. The number of thiophene rings is 1. The summed E-state index contributed by atoms with van der Waals surface area (Å²) in [5.41, 5.74) is 6.07. The maximum Gasteiger partial charge on any atom is 0.243 e. The van der Waals surface area contributed by atoms with E-state index in [1.165, 1.54) is 0 Å². The van der Waals surface area contributed by atoms with Crippen LogP contribution >= 0.6 is 39.5 Å². The molecule has 4 nitrogen and oxygen atoms in total. The summed E-state index contributed by atoms with van der Waals surface area (Å²) in [7, 11) is 0. The average Bonchev–Trinajstić information content (AvgIpc) is 2.89. The van der Waals surface area contributed by atoms with Gasteiger partial charge < -0.3 is 5.32 Å². The van der Waals surface area contributed by atoms with Gasteiger partial charge in [-0.2, -0.15) is 0 Å². The van der Waals surface area contributed by atoms with Gasteiger partial charge in [-0.15, -0.1) is 11.3 Å². The topological polar surface area (TPSA) is 53.2 Å². The molecule has 0 spiro atoms. The largest absolute Gasteiger partial charge is 0.331 e. The number of anilines is 1. The molecule has 7 heteroatoms. The number of nitrogens with one attached hydrogen (secondary N) is 3. The Balaban J connectivity index is 1.76. The molecular formula is C13H12BrN3OS2. The van der Waals surface area contributed by atoms with Gasteiger partial charge >= 0.3 is 0 Å². The molecule has 1 aromatic heterocycles. The van der Waals surface area contributed by atoms with Crippen molar-refractivity contribution in [1.82, 2.24) is 10.9 Å². The van der Waals surface area contributed by atoms with Gasteiger partial charge in [-0.3, -0.25) is 15.6 Å². The molecule has 20 heavy (non-hydrogen) atoms. The van der Waals surface area contributed by atoms with E-state index >= 15 is 0 Å². The molecule has 0 saturated carbocycles. The first-order valence-corrected chi connectivity index (χ1v) is 7.85. The van der Waals surface area contributed by atoms with E-state index in [0.29, 0.717) is 11.5 Å². The van der Waals surface area contributed by atoms with Crippen LogP contribution in [-0.4, -0.2) is 11.0 Å². The third kappa shape index (κ3) is 4.92. The monoisotopic (exact) mass is 369 g/mol. The number of halogens is 1. The molecule has 1 aromatic carbocycles. The second kappa shape index (κ2) is 7.37. The molecule has 0 unspecified atom stereocenters. The molecule has 2 aromatic rings. The lowest BCUT2D eigenvalue weighted by atomic mass is 10.3. The molecule has 1 amide bonds. The van der Waals surface area contributed by atoms with Crippen LogP contribution in [-0.2, 0) is 11.2 Å². The molecule has 0 bridgehead atoms. The maximum atomic E-state index is 11.7. The van der Waals surface area contributed by atoms with E-state index in [1.807, 2.05) is 41.8 Å². The molecule has 0 aliphatic rings. The van der Waals surface area contributed by atoms with E-state index < -0.39 is 0 Å². The van der Waals surface area contributed by atoms with Crippen molar-refractivity contribution in [2.45, 2.75) is 6.42 Å². The molecule has 0 aliphatic heterocycles. The molecule has 3 N–H and O–H groups in total. The zero-order chi connectivity index (χ0) is 14.4. The minimum atomic E-state index is -0.133. The van der Waals surface area contributed by atoms with Crippen LogP contribution in [0.4, 0.5) is 5.69 Å². The lowest BCUT2D eigenvalue weighted by Gasteiger charge is -2.11. The number of rotatable bonds is 3. The Morgan fingerprint density at radius 2 is 2.10 bits per heavy atom. The first kappa shape index (κ1) is 15.0. The number of carbonyl (C=O) groups excluding carboxylic acids is 1. The number of hydrogen-bond donors (Lipinski definition) is 3. The van der Waals surface area contributed by atoms with Crippen LogP contribution < -0.4 is 16.2 Å². The fraction of sp³-hybridized carbons (Fsp3) is 0.0769. The summed E-state index contributed by atoms with van der Waals surface area (Å²) in [4.78, 5) is 12.7. The second-order valence-electron chi connectivity index (χ2n) is 3.89. The highest BCUT2D eigenvalue weighted by Gasteiger charge is 2.04. The number of amides is 1.